The lowest BCUT2D eigenvalue weighted by atomic mass is 10.3. The molecule has 9 heteroatoms. The van der Waals surface area contributed by atoms with E-state index in [1.807, 2.05) is 0 Å². The van der Waals surface area contributed by atoms with Crippen LogP contribution in [0.5, 0.6) is 0 Å². The molecule has 0 bridgehead atoms. The lowest BCUT2D eigenvalue weighted by Gasteiger charge is -1.98. The van der Waals surface area contributed by atoms with Gasteiger partial charge in [-0.05, 0) is 24.3 Å². The van der Waals surface area contributed by atoms with E-state index in [1.165, 1.54) is 0 Å². The highest BCUT2D eigenvalue weighted by molar-refractivity contribution is 6.44. The predicted octanol–water partition coefficient (Wildman–Crippen LogP) is 7.10. The van der Waals surface area contributed by atoms with Crippen LogP contribution in [0.15, 0.2) is 56.9 Å². The molecule has 112 valence electrons. The van der Waals surface area contributed by atoms with Gasteiger partial charge in [-0.25, -0.2) is 0 Å². The molecule has 0 fully saturated rings. The molecule has 0 aliphatic rings. The third-order valence-corrected chi connectivity index (χ3v) is 3.99. The molecule has 0 saturated heterocycles. The molecular formula is C13H7Cl4N5. The summed E-state index contributed by atoms with van der Waals surface area (Å²) in [5.41, 5.74) is 0.657. The number of halogens is 4. The highest BCUT2D eigenvalue weighted by atomic mass is 35.5. The average Bonchev–Trinajstić information content (AvgIpc) is 2.50. The van der Waals surface area contributed by atoms with Crippen molar-refractivity contribution in [3.05, 3.63) is 56.5 Å². The molecule has 0 heterocycles. The molecule has 0 unspecified atom stereocenters. The van der Waals surface area contributed by atoms with Gasteiger partial charge >= 0.3 is 0 Å². The Kier molecular flexibility index (Phi) is 5.85. The first-order valence-electron chi connectivity index (χ1n) is 5.79. The van der Waals surface area contributed by atoms with Crippen molar-refractivity contribution < 1.29 is 0 Å². The van der Waals surface area contributed by atoms with E-state index in [1.54, 1.807) is 36.4 Å². The Morgan fingerprint density at radius 1 is 0.727 bits per heavy atom. The zero-order valence-electron chi connectivity index (χ0n) is 10.8. The van der Waals surface area contributed by atoms with E-state index >= 15 is 0 Å². The summed E-state index contributed by atoms with van der Waals surface area (Å²) in [5, 5.41) is 23.5. The van der Waals surface area contributed by atoms with Crippen LogP contribution in [-0.2, 0) is 0 Å². The van der Waals surface area contributed by atoms with Crippen LogP contribution < -0.4 is 0 Å². The Bertz CT molecular complexity index is 710. The van der Waals surface area contributed by atoms with Gasteiger partial charge in [0.05, 0.1) is 20.1 Å². The van der Waals surface area contributed by atoms with Crippen LogP contribution in [-0.4, -0.2) is 5.96 Å². The second-order valence-electron chi connectivity index (χ2n) is 3.87. The Hall–Kier alpha value is -1.53. The molecule has 22 heavy (non-hydrogen) atoms. The van der Waals surface area contributed by atoms with Crippen molar-refractivity contribution in [3.8, 4) is 0 Å². The van der Waals surface area contributed by atoms with Crippen molar-refractivity contribution in [3.63, 3.8) is 0 Å². The number of benzene rings is 2. The minimum absolute atomic E-state index is 0.246. The van der Waals surface area contributed by atoms with E-state index in [0.29, 0.717) is 21.4 Å². The Balaban J connectivity index is 2.13. The van der Waals surface area contributed by atoms with Crippen molar-refractivity contribution >= 4 is 63.7 Å². The van der Waals surface area contributed by atoms with Gasteiger partial charge in [0.15, 0.2) is 0 Å². The first-order valence-corrected chi connectivity index (χ1v) is 7.30. The third-order valence-electron chi connectivity index (χ3n) is 2.37. The number of nitrogens with zero attached hydrogens (tertiary/aromatic N) is 4. The molecule has 0 saturated carbocycles. The Labute approximate surface area is 146 Å². The fourth-order valence-corrected chi connectivity index (χ4v) is 2.03. The van der Waals surface area contributed by atoms with Crippen LogP contribution >= 0.6 is 46.4 Å². The van der Waals surface area contributed by atoms with Crippen molar-refractivity contribution in [2.75, 3.05) is 0 Å². The second-order valence-corrected chi connectivity index (χ2v) is 5.44. The lowest BCUT2D eigenvalue weighted by molar-refractivity contribution is 1.15. The molecule has 0 atom stereocenters. The van der Waals surface area contributed by atoms with E-state index in [0.717, 1.165) is 0 Å². The van der Waals surface area contributed by atoms with Gasteiger partial charge in [-0.1, -0.05) is 58.5 Å². The van der Waals surface area contributed by atoms with Gasteiger partial charge in [-0.2, -0.15) is 0 Å². The van der Waals surface area contributed by atoms with Crippen molar-refractivity contribution in [2.45, 2.75) is 0 Å². The summed E-state index contributed by atoms with van der Waals surface area (Å²) in [7, 11) is 0. The molecule has 1 N–H and O–H groups in total. The minimum atomic E-state index is -0.424. The summed E-state index contributed by atoms with van der Waals surface area (Å²) in [5.74, 6) is -0.424. The lowest BCUT2D eigenvalue weighted by Crippen LogP contribution is -1.82. The van der Waals surface area contributed by atoms with Crippen LogP contribution in [0.2, 0.25) is 20.1 Å². The van der Waals surface area contributed by atoms with E-state index < -0.39 is 5.96 Å². The monoisotopic (exact) mass is 373 g/mol. The molecular weight excluding hydrogens is 368 g/mol. The zero-order valence-corrected chi connectivity index (χ0v) is 13.8. The fraction of sp³-hybridized carbons (Fsp3) is 0. The summed E-state index contributed by atoms with van der Waals surface area (Å²) in [6.45, 7) is 0. The summed E-state index contributed by atoms with van der Waals surface area (Å²) < 4.78 is 0. The van der Waals surface area contributed by atoms with Crippen LogP contribution in [0.3, 0.4) is 0 Å². The van der Waals surface area contributed by atoms with Crippen LogP contribution in [0, 0.1) is 5.41 Å². The molecule has 0 aliphatic carbocycles. The third kappa shape index (κ3) is 4.24. The average molecular weight is 375 g/mol. The molecule has 2 aromatic carbocycles. The van der Waals surface area contributed by atoms with Crippen molar-refractivity contribution in [1.29, 1.82) is 5.41 Å². The summed E-state index contributed by atoms with van der Waals surface area (Å²) in [4.78, 5) is 0. The van der Waals surface area contributed by atoms with Crippen LogP contribution in [0.1, 0.15) is 0 Å². The number of rotatable bonds is 2. The number of hydrogen-bond acceptors (Lipinski definition) is 3. The minimum Gasteiger partial charge on any atom is -0.263 e. The van der Waals surface area contributed by atoms with E-state index in [9.17, 15) is 0 Å². The van der Waals surface area contributed by atoms with Crippen LogP contribution in [0.4, 0.5) is 11.4 Å². The number of azo groups is 2. The standard InChI is InChI=1S/C13H7Cl4N5/c14-7-3-1-5-9(11(7)16)19-21-13(18)22-20-10-6-2-4-8(15)12(10)17/h1-6,18H. The smallest absolute Gasteiger partial charge is 0.263 e. The number of hydrogen-bond donors (Lipinski definition) is 1. The quantitative estimate of drug-likeness (QED) is 0.330. The van der Waals surface area contributed by atoms with E-state index in [-0.39, 0.29) is 10.0 Å². The fourth-order valence-electron chi connectivity index (χ4n) is 1.36. The van der Waals surface area contributed by atoms with E-state index in [2.05, 4.69) is 20.5 Å². The molecule has 2 aromatic rings. The van der Waals surface area contributed by atoms with Crippen molar-refractivity contribution in [1.82, 2.24) is 0 Å². The summed E-state index contributed by atoms with van der Waals surface area (Å²) in [6, 6.07) is 9.79. The Morgan fingerprint density at radius 3 is 1.55 bits per heavy atom. The highest BCUT2D eigenvalue weighted by Gasteiger charge is 2.04. The predicted molar refractivity (Wildman–Crippen MR) is 89.7 cm³/mol. The van der Waals surface area contributed by atoms with Gasteiger partial charge in [0.25, 0.3) is 5.96 Å². The van der Waals surface area contributed by atoms with Gasteiger partial charge in [0, 0.05) is 0 Å². The maximum atomic E-state index is 7.56. The number of nitrogens with one attached hydrogen (secondary N) is 1. The van der Waals surface area contributed by atoms with Gasteiger partial charge in [0.2, 0.25) is 0 Å². The summed E-state index contributed by atoms with van der Waals surface area (Å²) in [6.07, 6.45) is 0. The molecule has 0 aromatic heterocycles. The van der Waals surface area contributed by atoms with Crippen molar-refractivity contribution in [2.24, 2.45) is 20.5 Å². The second kappa shape index (κ2) is 7.65. The molecule has 5 nitrogen and oxygen atoms in total. The molecule has 2 rings (SSSR count). The molecule has 0 radical (unpaired) electrons. The van der Waals surface area contributed by atoms with E-state index in [4.69, 9.17) is 51.8 Å². The SMILES string of the molecule is N=C(N=Nc1cccc(Cl)c1Cl)N=Nc1cccc(Cl)c1Cl. The zero-order chi connectivity index (χ0) is 16.1. The largest absolute Gasteiger partial charge is 0.280 e. The first-order chi connectivity index (χ1) is 10.5. The highest BCUT2D eigenvalue weighted by Crippen LogP contribution is 2.33. The van der Waals surface area contributed by atoms with Gasteiger partial charge in [-0.3, -0.25) is 5.41 Å². The summed E-state index contributed by atoms with van der Waals surface area (Å²) >= 11 is 23.6. The topological polar surface area (TPSA) is 73.3 Å². The maximum absolute atomic E-state index is 7.56. The van der Waals surface area contributed by atoms with Gasteiger partial charge < -0.3 is 0 Å². The molecule has 0 aliphatic heterocycles. The maximum Gasteiger partial charge on any atom is 0.280 e. The first kappa shape index (κ1) is 16.8. The van der Waals surface area contributed by atoms with Gasteiger partial charge in [0.1, 0.15) is 11.4 Å². The van der Waals surface area contributed by atoms with Crippen LogP contribution in [0.25, 0.3) is 0 Å². The molecule has 0 amide bonds. The number of guanidine groups is 1. The molecule has 0 spiro atoms. The Morgan fingerprint density at radius 2 is 1.14 bits per heavy atom. The normalized spacial score (nSPS) is 11.5. The van der Waals surface area contributed by atoms with Gasteiger partial charge in [-0.15, -0.1) is 20.5 Å².